The number of rotatable bonds is 3. The van der Waals surface area contributed by atoms with Gasteiger partial charge in [-0.05, 0) is 44.6 Å². The van der Waals surface area contributed by atoms with Crippen molar-refractivity contribution in [3.05, 3.63) is 28.7 Å². The number of likely N-dealkylation sites (tertiary alicyclic amines) is 1. The van der Waals surface area contributed by atoms with Gasteiger partial charge in [0.25, 0.3) is 0 Å². The molecule has 2 rings (SSSR count). The van der Waals surface area contributed by atoms with Crippen molar-refractivity contribution >= 4 is 26.0 Å². The molecule has 19 heavy (non-hydrogen) atoms. The van der Waals surface area contributed by atoms with Crippen molar-refractivity contribution in [1.29, 1.82) is 0 Å². The van der Waals surface area contributed by atoms with E-state index in [4.69, 9.17) is 0 Å². The minimum absolute atomic E-state index is 0.0581. The zero-order valence-corrected chi connectivity index (χ0v) is 13.6. The fourth-order valence-electron chi connectivity index (χ4n) is 2.43. The van der Waals surface area contributed by atoms with Crippen LogP contribution in [0.5, 0.6) is 0 Å². The number of piperidine rings is 1. The first-order valence-electron chi connectivity index (χ1n) is 6.33. The van der Waals surface area contributed by atoms with Crippen LogP contribution in [-0.4, -0.2) is 50.8 Å². The molecule has 106 valence electrons. The molecule has 0 saturated carbocycles. The van der Waals surface area contributed by atoms with Gasteiger partial charge in [-0.1, -0.05) is 22.0 Å². The highest BCUT2D eigenvalue weighted by molar-refractivity contribution is 9.10. The first kappa shape index (κ1) is 15.0. The Hall–Kier alpha value is -0.430. The van der Waals surface area contributed by atoms with E-state index in [-0.39, 0.29) is 6.04 Å². The summed E-state index contributed by atoms with van der Waals surface area (Å²) in [6.07, 6.45) is 1.97. The number of hydrogen-bond acceptors (Lipinski definition) is 3. The Morgan fingerprint density at radius 1 is 1.42 bits per heavy atom. The highest BCUT2D eigenvalue weighted by Gasteiger charge is 2.30. The maximum absolute atomic E-state index is 12.6. The zero-order chi connectivity index (χ0) is 14.0. The van der Waals surface area contributed by atoms with Gasteiger partial charge in [-0.15, -0.1) is 0 Å². The topological polar surface area (TPSA) is 40.6 Å². The molecule has 1 unspecified atom stereocenters. The Morgan fingerprint density at radius 2 is 2.16 bits per heavy atom. The molecule has 1 aliphatic rings. The number of hydrogen-bond donors (Lipinski definition) is 0. The summed E-state index contributed by atoms with van der Waals surface area (Å²) >= 11 is 3.32. The van der Waals surface area contributed by atoms with E-state index < -0.39 is 10.0 Å². The molecule has 4 nitrogen and oxygen atoms in total. The highest BCUT2D eigenvalue weighted by Crippen LogP contribution is 2.23. The van der Waals surface area contributed by atoms with Crippen LogP contribution < -0.4 is 0 Å². The third-order valence-corrected chi connectivity index (χ3v) is 5.99. The number of benzene rings is 1. The zero-order valence-electron chi connectivity index (χ0n) is 11.2. The molecule has 1 aliphatic heterocycles. The average Bonchev–Trinajstić information content (AvgIpc) is 2.38. The van der Waals surface area contributed by atoms with Crippen molar-refractivity contribution in [2.24, 2.45) is 0 Å². The maximum atomic E-state index is 12.6. The van der Waals surface area contributed by atoms with Crippen molar-refractivity contribution in [2.75, 3.05) is 27.2 Å². The van der Waals surface area contributed by atoms with Crippen LogP contribution in [0.2, 0.25) is 0 Å². The second-order valence-electron chi connectivity index (χ2n) is 5.04. The van der Waals surface area contributed by atoms with Crippen molar-refractivity contribution in [3.8, 4) is 0 Å². The fraction of sp³-hybridized carbons (Fsp3) is 0.538. The van der Waals surface area contributed by atoms with Crippen molar-refractivity contribution < 1.29 is 8.42 Å². The van der Waals surface area contributed by atoms with Crippen LogP contribution in [0.15, 0.2) is 33.6 Å². The Bertz CT molecular complexity index is 547. The van der Waals surface area contributed by atoms with Crippen LogP contribution >= 0.6 is 15.9 Å². The molecular weight excluding hydrogens is 328 g/mol. The standard InChI is InChI=1S/C13H19BrN2O2S/c1-15-8-4-6-12(10-15)16(2)19(17,18)13-7-3-5-11(14)9-13/h3,5,7,9,12H,4,6,8,10H2,1-2H3. The number of likely N-dealkylation sites (N-methyl/N-ethyl adjacent to an activating group) is 2. The lowest BCUT2D eigenvalue weighted by Gasteiger charge is -2.35. The molecule has 1 aromatic carbocycles. The Balaban J connectivity index is 2.24. The molecule has 6 heteroatoms. The average molecular weight is 347 g/mol. The monoisotopic (exact) mass is 346 g/mol. The summed E-state index contributed by atoms with van der Waals surface area (Å²) in [5.74, 6) is 0. The molecular formula is C13H19BrN2O2S. The van der Waals surface area contributed by atoms with E-state index in [1.165, 1.54) is 4.31 Å². The Kier molecular flexibility index (Phi) is 4.66. The highest BCUT2D eigenvalue weighted by atomic mass is 79.9. The third-order valence-electron chi connectivity index (χ3n) is 3.59. The lowest BCUT2D eigenvalue weighted by Crippen LogP contribution is -2.47. The van der Waals surface area contributed by atoms with Crippen LogP contribution in [0.4, 0.5) is 0 Å². The van der Waals surface area contributed by atoms with Gasteiger partial charge in [0.2, 0.25) is 10.0 Å². The predicted octanol–water partition coefficient (Wildman–Crippen LogP) is 2.16. The van der Waals surface area contributed by atoms with E-state index in [1.54, 1.807) is 25.2 Å². The molecule has 0 aliphatic carbocycles. The van der Waals surface area contributed by atoms with Crippen LogP contribution in [0.25, 0.3) is 0 Å². The van der Waals surface area contributed by atoms with Crippen molar-refractivity contribution in [1.82, 2.24) is 9.21 Å². The third kappa shape index (κ3) is 3.37. The van der Waals surface area contributed by atoms with Gasteiger partial charge in [0, 0.05) is 24.1 Å². The van der Waals surface area contributed by atoms with Gasteiger partial charge in [0.05, 0.1) is 4.90 Å². The number of nitrogens with zero attached hydrogens (tertiary/aromatic N) is 2. The molecule has 0 N–H and O–H groups in total. The molecule has 1 atom stereocenters. The summed E-state index contributed by atoms with van der Waals surface area (Å²) in [7, 11) is 0.306. The van der Waals surface area contributed by atoms with Gasteiger partial charge in [-0.2, -0.15) is 4.31 Å². The van der Waals surface area contributed by atoms with Crippen LogP contribution in [0.3, 0.4) is 0 Å². The van der Waals surface area contributed by atoms with Gasteiger partial charge in [0.15, 0.2) is 0 Å². The largest absolute Gasteiger partial charge is 0.305 e. The molecule has 0 spiro atoms. The molecule has 0 radical (unpaired) electrons. The number of halogens is 1. The number of sulfonamides is 1. The van der Waals surface area contributed by atoms with Gasteiger partial charge in [-0.25, -0.2) is 8.42 Å². The lowest BCUT2D eigenvalue weighted by molar-refractivity contribution is 0.187. The van der Waals surface area contributed by atoms with Crippen molar-refractivity contribution in [2.45, 2.75) is 23.8 Å². The molecule has 0 aromatic heterocycles. The fourth-order valence-corrected chi connectivity index (χ4v) is 4.40. The summed E-state index contributed by atoms with van der Waals surface area (Å²) in [5.41, 5.74) is 0. The van der Waals surface area contributed by atoms with Crippen LogP contribution in [0, 0.1) is 0 Å². The van der Waals surface area contributed by atoms with E-state index >= 15 is 0 Å². The Morgan fingerprint density at radius 3 is 2.79 bits per heavy atom. The summed E-state index contributed by atoms with van der Waals surface area (Å²) in [6.45, 7) is 1.84. The Labute approximate surface area is 123 Å². The van der Waals surface area contributed by atoms with E-state index in [9.17, 15) is 8.42 Å². The summed E-state index contributed by atoms with van der Waals surface area (Å²) in [6, 6.07) is 6.93. The molecule has 1 heterocycles. The van der Waals surface area contributed by atoms with Gasteiger partial charge >= 0.3 is 0 Å². The van der Waals surface area contributed by atoms with E-state index in [0.29, 0.717) is 4.90 Å². The molecule has 1 aromatic rings. The molecule has 0 amide bonds. The SMILES string of the molecule is CN1CCCC(N(C)S(=O)(=O)c2cccc(Br)c2)C1. The first-order chi connectivity index (χ1) is 8.91. The van der Waals surface area contributed by atoms with Gasteiger partial charge in [0.1, 0.15) is 0 Å². The minimum atomic E-state index is -3.41. The minimum Gasteiger partial charge on any atom is -0.305 e. The summed E-state index contributed by atoms with van der Waals surface area (Å²) in [4.78, 5) is 2.53. The lowest BCUT2D eigenvalue weighted by atomic mass is 10.1. The van der Waals surface area contributed by atoms with Gasteiger partial charge in [-0.3, -0.25) is 0 Å². The van der Waals surface area contributed by atoms with Crippen LogP contribution in [0.1, 0.15) is 12.8 Å². The molecule has 1 fully saturated rings. The smallest absolute Gasteiger partial charge is 0.243 e. The molecule has 1 saturated heterocycles. The quantitative estimate of drug-likeness (QED) is 0.841. The summed E-state index contributed by atoms with van der Waals surface area (Å²) < 4.78 is 27.5. The normalized spacial score (nSPS) is 21.8. The molecule has 0 bridgehead atoms. The maximum Gasteiger partial charge on any atom is 0.243 e. The first-order valence-corrected chi connectivity index (χ1v) is 8.57. The van der Waals surface area contributed by atoms with E-state index in [0.717, 1.165) is 30.4 Å². The van der Waals surface area contributed by atoms with Crippen LogP contribution in [-0.2, 0) is 10.0 Å². The summed E-state index contributed by atoms with van der Waals surface area (Å²) in [5, 5.41) is 0. The second-order valence-corrected chi connectivity index (χ2v) is 7.95. The van der Waals surface area contributed by atoms with E-state index in [2.05, 4.69) is 20.8 Å². The van der Waals surface area contributed by atoms with Gasteiger partial charge < -0.3 is 4.90 Å². The van der Waals surface area contributed by atoms with E-state index in [1.807, 2.05) is 13.1 Å². The van der Waals surface area contributed by atoms with Crippen molar-refractivity contribution in [3.63, 3.8) is 0 Å². The second kappa shape index (κ2) is 5.91. The predicted molar refractivity (Wildman–Crippen MR) is 79.6 cm³/mol.